The van der Waals surface area contributed by atoms with E-state index in [1.165, 1.54) is 6.07 Å². The lowest BCUT2D eigenvalue weighted by atomic mass is 10.00. The number of aromatic carboxylic acids is 1. The summed E-state index contributed by atoms with van der Waals surface area (Å²) in [5.74, 6) is -0.298. The molecule has 0 aromatic heterocycles. The summed E-state index contributed by atoms with van der Waals surface area (Å²) >= 11 is 0. The summed E-state index contributed by atoms with van der Waals surface area (Å²) in [7, 11) is 0. The van der Waals surface area contributed by atoms with Crippen molar-refractivity contribution in [2.24, 2.45) is 5.92 Å². The average molecular weight is 250 g/mol. The van der Waals surface area contributed by atoms with Gasteiger partial charge in [0, 0.05) is 6.04 Å². The second-order valence-corrected chi connectivity index (χ2v) is 4.90. The fourth-order valence-corrected chi connectivity index (χ4v) is 1.92. The fraction of sp³-hybridized carbons (Fsp3) is 0.500. The Balaban J connectivity index is 2.70. The van der Waals surface area contributed by atoms with E-state index in [4.69, 9.17) is 10.8 Å². The summed E-state index contributed by atoms with van der Waals surface area (Å²) < 4.78 is 0. The minimum absolute atomic E-state index is 0.215. The summed E-state index contributed by atoms with van der Waals surface area (Å²) in [6.07, 6.45) is 2.22. The smallest absolute Gasteiger partial charge is 0.335 e. The van der Waals surface area contributed by atoms with Gasteiger partial charge in [0.15, 0.2) is 0 Å². The van der Waals surface area contributed by atoms with Crippen LogP contribution < -0.4 is 11.1 Å². The molecule has 0 saturated heterocycles. The van der Waals surface area contributed by atoms with Crippen LogP contribution in [0.5, 0.6) is 0 Å². The molecule has 0 aliphatic heterocycles. The monoisotopic (exact) mass is 250 g/mol. The number of hydrogen-bond acceptors (Lipinski definition) is 3. The molecule has 0 bridgehead atoms. The van der Waals surface area contributed by atoms with E-state index in [9.17, 15) is 4.79 Å². The molecule has 0 radical (unpaired) electrons. The van der Waals surface area contributed by atoms with Gasteiger partial charge in [0.2, 0.25) is 0 Å². The highest BCUT2D eigenvalue weighted by atomic mass is 16.4. The van der Waals surface area contributed by atoms with Crippen molar-refractivity contribution in [3.05, 3.63) is 23.8 Å². The van der Waals surface area contributed by atoms with Crippen molar-refractivity contribution in [2.75, 3.05) is 11.1 Å². The highest BCUT2D eigenvalue weighted by molar-refractivity contribution is 5.90. The van der Waals surface area contributed by atoms with Gasteiger partial charge in [-0.05, 0) is 37.5 Å². The third-order valence-corrected chi connectivity index (χ3v) is 3.15. The summed E-state index contributed by atoms with van der Waals surface area (Å²) in [5, 5.41) is 12.2. The molecule has 0 amide bonds. The van der Waals surface area contributed by atoms with Crippen LogP contribution in [0.4, 0.5) is 11.4 Å². The number of carboxylic acids is 1. The molecule has 1 aromatic carbocycles. The molecule has 0 heterocycles. The maximum atomic E-state index is 10.8. The third-order valence-electron chi connectivity index (χ3n) is 3.15. The van der Waals surface area contributed by atoms with Gasteiger partial charge in [0.05, 0.1) is 16.9 Å². The van der Waals surface area contributed by atoms with Crippen molar-refractivity contribution >= 4 is 17.3 Å². The number of nitrogen functional groups attached to an aromatic ring is 1. The van der Waals surface area contributed by atoms with E-state index < -0.39 is 5.97 Å². The van der Waals surface area contributed by atoms with Gasteiger partial charge in [-0.1, -0.05) is 20.3 Å². The van der Waals surface area contributed by atoms with E-state index in [0.717, 1.165) is 18.5 Å². The van der Waals surface area contributed by atoms with Crippen molar-refractivity contribution in [2.45, 2.75) is 39.7 Å². The molecule has 4 N–H and O–H groups in total. The molecule has 4 heteroatoms. The number of carbonyl (C=O) groups is 1. The van der Waals surface area contributed by atoms with Crippen LogP contribution >= 0.6 is 0 Å². The minimum Gasteiger partial charge on any atom is -0.478 e. The number of benzene rings is 1. The maximum absolute atomic E-state index is 10.8. The summed E-state index contributed by atoms with van der Waals surface area (Å²) in [5.41, 5.74) is 7.34. The van der Waals surface area contributed by atoms with E-state index in [1.54, 1.807) is 12.1 Å². The summed E-state index contributed by atoms with van der Waals surface area (Å²) in [6.45, 7) is 6.50. The molecule has 1 aromatic rings. The molecule has 0 fully saturated rings. The first-order valence-corrected chi connectivity index (χ1v) is 6.33. The molecule has 4 nitrogen and oxygen atoms in total. The van der Waals surface area contributed by atoms with Gasteiger partial charge < -0.3 is 16.2 Å². The summed E-state index contributed by atoms with van der Waals surface area (Å²) in [4.78, 5) is 10.8. The van der Waals surface area contributed by atoms with Gasteiger partial charge >= 0.3 is 5.97 Å². The number of nitrogens with two attached hydrogens (primary N) is 1. The van der Waals surface area contributed by atoms with Crippen LogP contribution in [0.2, 0.25) is 0 Å². The third kappa shape index (κ3) is 3.95. The number of anilines is 2. The highest BCUT2D eigenvalue weighted by Gasteiger charge is 2.10. The predicted molar refractivity (Wildman–Crippen MR) is 75.0 cm³/mol. The molecule has 0 spiro atoms. The fourth-order valence-electron chi connectivity index (χ4n) is 1.92. The molecule has 18 heavy (non-hydrogen) atoms. The van der Waals surface area contributed by atoms with Gasteiger partial charge in [0.1, 0.15) is 0 Å². The first kappa shape index (κ1) is 14.4. The Morgan fingerprint density at radius 1 is 1.44 bits per heavy atom. The number of nitrogens with one attached hydrogen (secondary N) is 1. The first-order valence-electron chi connectivity index (χ1n) is 6.33. The van der Waals surface area contributed by atoms with Crippen molar-refractivity contribution < 1.29 is 9.90 Å². The van der Waals surface area contributed by atoms with Gasteiger partial charge in [0.25, 0.3) is 0 Å². The average Bonchev–Trinajstić information content (AvgIpc) is 2.31. The van der Waals surface area contributed by atoms with Crippen molar-refractivity contribution in [1.82, 2.24) is 0 Å². The van der Waals surface area contributed by atoms with Crippen LogP contribution in [-0.2, 0) is 0 Å². The minimum atomic E-state index is -0.957. The lowest BCUT2D eigenvalue weighted by Gasteiger charge is -2.20. The van der Waals surface area contributed by atoms with E-state index in [-0.39, 0.29) is 5.56 Å². The summed E-state index contributed by atoms with van der Waals surface area (Å²) in [6, 6.07) is 5.10. The predicted octanol–water partition coefficient (Wildman–Crippen LogP) is 3.20. The normalized spacial score (nSPS) is 13.9. The molecule has 0 aliphatic rings. The second-order valence-electron chi connectivity index (χ2n) is 4.90. The van der Waals surface area contributed by atoms with Crippen LogP contribution in [0, 0.1) is 5.92 Å². The lowest BCUT2D eigenvalue weighted by molar-refractivity contribution is 0.0697. The van der Waals surface area contributed by atoms with E-state index in [1.807, 2.05) is 0 Å². The Morgan fingerprint density at radius 3 is 2.61 bits per heavy atom. The van der Waals surface area contributed by atoms with Crippen LogP contribution in [0.1, 0.15) is 44.0 Å². The number of rotatable bonds is 6. The van der Waals surface area contributed by atoms with Crippen LogP contribution in [-0.4, -0.2) is 17.1 Å². The zero-order valence-corrected chi connectivity index (χ0v) is 11.2. The van der Waals surface area contributed by atoms with Crippen molar-refractivity contribution in [3.63, 3.8) is 0 Å². The van der Waals surface area contributed by atoms with Crippen molar-refractivity contribution in [1.29, 1.82) is 0 Å². The Kier molecular flexibility index (Phi) is 5.01. The number of carboxylic acid groups (broad SMARTS) is 1. The van der Waals surface area contributed by atoms with Gasteiger partial charge in [-0.2, -0.15) is 0 Å². The van der Waals surface area contributed by atoms with E-state index in [0.29, 0.717) is 17.6 Å². The molecular weight excluding hydrogens is 228 g/mol. The molecule has 0 saturated carbocycles. The van der Waals surface area contributed by atoms with Gasteiger partial charge in [-0.15, -0.1) is 0 Å². The van der Waals surface area contributed by atoms with Crippen LogP contribution in [0.15, 0.2) is 18.2 Å². The maximum Gasteiger partial charge on any atom is 0.335 e. The Hall–Kier alpha value is -1.71. The molecule has 100 valence electrons. The topological polar surface area (TPSA) is 75.3 Å². The quantitative estimate of drug-likeness (QED) is 0.678. The Bertz CT molecular complexity index is 418. The van der Waals surface area contributed by atoms with E-state index >= 15 is 0 Å². The standard InChI is InChI=1S/C14H22N2O2/c1-4-9(2)7-10(3)16-13-6-5-11(14(17)18)8-12(13)15/h5-6,8-10,16H,4,7,15H2,1-3H3,(H,17,18). The van der Waals surface area contributed by atoms with Crippen molar-refractivity contribution in [3.8, 4) is 0 Å². The van der Waals surface area contributed by atoms with E-state index in [2.05, 4.69) is 26.1 Å². The Morgan fingerprint density at radius 2 is 2.11 bits per heavy atom. The largest absolute Gasteiger partial charge is 0.478 e. The lowest BCUT2D eigenvalue weighted by Crippen LogP contribution is -2.19. The Labute approximate surface area is 108 Å². The molecule has 2 atom stereocenters. The molecule has 1 rings (SSSR count). The van der Waals surface area contributed by atoms with Gasteiger partial charge in [-0.25, -0.2) is 4.79 Å². The number of hydrogen-bond donors (Lipinski definition) is 3. The van der Waals surface area contributed by atoms with Gasteiger partial charge in [-0.3, -0.25) is 0 Å². The molecule has 2 unspecified atom stereocenters. The first-order chi connectivity index (χ1) is 8.43. The zero-order chi connectivity index (χ0) is 13.7. The SMILES string of the molecule is CCC(C)CC(C)Nc1ccc(C(=O)O)cc1N. The van der Waals surface area contributed by atoms with Crippen LogP contribution in [0.3, 0.4) is 0 Å². The second kappa shape index (κ2) is 6.28. The molecular formula is C14H22N2O2. The molecule has 0 aliphatic carbocycles. The zero-order valence-electron chi connectivity index (χ0n) is 11.2. The highest BCUT2D eigenvalue weighted by Crippen LogP contribution is 2.22. The van der Waals surface area contributed by atoms with Crippen LogP contribution in [0.25, 0.3) is 0 Å².